The summed E-state index contributed by atoms with van der Waals surface area (Å²) in [6.45, 7) is 4.35. The van der Waals surface area contributed by atoms with E-state index >= 15 is 0 Å². The molecule has 0 amide bonds. The fraction of sp³-hybridized carbons (Fsp3) is 0.391. The Hall–Kier alpha value is -2.86. The van der Waals surface area contributed by atoms with Crippen molar-refractivity contribution in [3.63, 3.8) is 0 Å². The van der Waals surface area contributed by atoms with E-state index in [1.165, 1.54) is 5.56 Å². The number of carbonyl (C=O) groups is 1. The molecule has 6 heteroatoms. The zero-order valence-corrected chi connectivity index (χ0v) is 16.6. The molecule has 6 nitrogen and oxygen atoms in total. The number of nitrogens with one attached hydrogen (secondary N) is 1. The number of benzene rings is 2. The van der Waals surface area contributed by atoms with E-state index in [0.29, 0.717) is 12.3 Å². The molecule has 152 valence electrons. The quantitative estimate of drug-likeness (QED) is 0.594. The summed E-state index contributed by atoms with van der Waals surface area (Å²) in [6, 6.07) is 13.6. The monoisotopic (exact) mass is 393 g/mol. The van der Waals surface area contributed by atoms with E-state index in [-0.39, 0.29) is 18.3 Å². The van der Waals surface area contributed by atoms with Crippen LogP contribution in [0.2, 0.25) is 0 Å². The van der Waals surface area contributed by atoms with E-state index in [4.69, 9.17) is 4.98 Å². The summed E-state index contributed by atoms with van der Waals surface area (Å²) in [7, 11) is 0. The van der Waals surface area contributed by atoms with E-state index in [2.05, 4.69) is 28.9 Å². The van der Waals surface area contributed by atoms with Crippen LogP contribution in [0.25, 0.3) is 11.0 Å². The number of hydrogen-bond donors (Lipinski definition) is 3. The maximum absolute atomic E-state index is 11.4. The SMILES string of the molecule is Cc1ccc2nc(C[C@H]3CN(Cc4ccccc4O)CC[C@H]3CC(=O)O)[nH]c2c1. The van der Waals surface area contributed by atoms with E-state index in [0.717, 1.165) is 48.4 Å². The molecule has 1 aromatic heterocycles. The zero-order valence-electron chi connectivity index (χ0n) is 16.6. The van der Waals surface area contributed by atoms with E-state index in [1.54, 1.807) is 6.07 Å². The van der Waals surface area contributed by atoms with Crippen molar-refractivity contribution in [2.75, 3.05) is 13.1 Å². The predicted molar refractivity (Wildman–Crippen MR) is 112 cm³/mol. The molecule has 0 saturated carbocycles. The van der Waals surface area contributed by atoms with Gasteiger partial charge in [-0.25, -0.2) is 4.98 Å². The van der Waals surface area contributed by atoms with Crippen LogP contribution in [0.15, 0.2) is 42.5 Å². The number of piperidine rings is 1. The average Bonchev–Trinajstić information content (AvgIpc) is 3.06. The number of para-hydroxylation sites is 1. The third kappa shape index (κ3) is 4.59. The molecule has 29 heavy (non-hydrogen) atoms. The number of fused-ring (bicyclic) bond motifs is 1. The second-order valence-corrected chi connectivity index (χ2v) is 8.18. The van der Waals surface area contributed by atoms with Crippen molar-refractivity contribution in [1.82, 2.24) is 14.9 Å². The highest BCUT2D eigenvalue weighted by Gasteiger charge is 2.31. The largest absolute Gasteiger partial charge is 0.508 e. The number of aromatic nitrogens is 2. The Kier molecular flexibility index (Phi) is 5.53. The van der Waals surface area contributed by atoms with Crippen LogP contribution in [0.5, 0.6) is 5.75 Å². The molecule has 0 radical (unpaired) electrons. The highest BCUT2D eigenvalue weighted by atomic mass is 16.4. The van der Waals surface area contributed by atoms with Gasteiger partial charge in [-0.1, -0.05) is 24.3 Å². The fourth-order valence-corrected chi connectivity index (χ4v) is 4.43. The van der Waals surface area contributed by atoms with Crippen LogP contribution in [0.3, 0.4) is 0 Å². The lowest BCUT2D eigenvalue weighted by Crippen LogP contribution is -2.41. The number of hydrogen-bond acceptors (Lipinski definition) is 4. The maximum Gasteiger partial charge on any atom is 0.303 e. The van der Waals surface area contributed by atoms with Crippen LogP contribution >= 0.6 is 0 Å². The van der Waals surface area contributed by atoms with E-state index in [1.807, 2.05) is 24.3 Å². The van der Waals surface area contributed by atoms with Crippen LogP contribution in [0.4, 0.5) is 0 Å². The summed E-state index contributed by atoms with van der Waals surface area (Å²) < 4.78 is 0. The van der Waals surface area contributed by atoms with Gasteiger partial charge >= 0.3 is 5.97 Å². The molecule has 0 unspecified atom stereocenters. The highest BCUT2D eigenvalue weighted by molar-refractivity contribution is 5.75. The molecule has 1 aliphatic heterocycles. The van der Waals surface area contributed by atoms with Crippen molar-refractivity contribution < 1.29 is 15.0 Å². The van der Waals surface area contributed by atoms with Gasteiger partial charge in [0.2, 0.25) is 0 Å². The number of H-pyrrole nitrogens is 1. The second-order valence-electron chi connectivity index (χ2n) is 8.18. The van der Waals surface area contributed by atoms with Gasteiger partial charge in [0.25, 0.3) is 0 Å². The number of aliphatic carboxylic acids is 1. The van der Waals surface area contributed by atoms with Gasteiger partial charge in [0.05, 0.1) is 11.0 Å². The first kappa shape index (κ1) is 19.5. The molecule has 2 heterocycles. The first-order valence-electron chi connectivity index (χ1n) is 10.1. The number of phenolic OH excluding ortho intramolecular Hbond substituents is 1. The van der Waals surface area contributed by atoms with Crippen molar-refractivity contribution >= 4 is 17.0 Å². The van der Waals surface area contributed by atoms with Gasteiger partial charge in [0.15, 0.2) is 0 Å². The van der Waals surface area contributed by atoms with Crippen LogP contribution in [-0.2, 0) is 17.8 Å². The third-order valence-corrected chi connectivity index (χ3v) is 5.94. The number of imidazole rings is 1. The smallest absolute Gasteiger partial charge is 0.303 e. The number of nitrogens with zero attached hydrogens (tertiary/aromatic N) is 2. The van der Waals surface area contributed by atoms with Crippen LogP contribution in [0.1, 0.15) is 29.8 Å². The van der Waals surface area contributed by atoms with Crippen molar-refractivity contribution in [2.24, 2.45) is 11.8 Å². The third-order valence-electron chi connectivity index (χ3n) is 5.94. The molecule has 3 N–H and O–H groups in total. The summed E-state index contributed by atoms with van der Waals surface area (Å²) in [5.74, 6) is 0.810. The second kappa shape index (κ2) is 8.25. The number of carboxylic acids is 1. The topological polar surface area (TPSA) is 89.4 Å². The first-order chi connectivity index (χ1) is 14.0. The molecule has 1 saturated heterocycles. The molecule has 1 aliphatic rings. The van der Waals surface area contributed by atoms with Gasteiger partial charge < -0.3 is 15.2 Å². The molecular weight excluding hydrogens is 366 g/mol. The molecular formula is C23H27N3O3. The Balaban J connectivity index is 1.52. The Morgan fingerprint density at radius 3 is 2.86 bits per heavy atom. The lowest BCUT2D eigenvalue weighted by molar-refractivity contribution is -0.139. The predicted octanol–water partition coefficient (Wildman–Crippen LogP) is 3.73. The summed E-state index contributed by atoms with van der Waals surface area (Å²) in [4.78, 5) is 21.8. The molecule has 0 spiro atoms. The highest BCUT2D eigenvalue weighted by Crippen LogP contribution is 2.31. The van der Waals surface area contributed by atoms with Crippen molar-refractivity contribution in [3.05, 3.63) is 59.4 Å². The lowest BCUT2D eigenvalue weighted by Gasteiger charge is -2.38. The minimum Gasteiger partial charge on any atom is -0.508 e. The zero-order chi connectivity index (χ0) is 20.4. The van der Waals surface area contributed by atoms with Gasteiger partial charge in [0, 0.05) is 31.5 Å². The van der Waals surface area contributed by atoms with E-state index < -0.39 is 5.97 Å². The molecule has 2 aromatic carbocycles. The van der Waals surface area contributed by atoms with Crippen molar-refractivity contribution in [1.29, 1.82) is 0 Å². The van der Waals surface area contributed by atoms with Gasteiger partial charge in [0.1, 0.15) is 11.6 Å². The Morgan fingerprint density at radius 2 is 2.07 bits per heavy atom. The summed E-state index contributed by atoms with van der Waals surface area (Å²) in [5.41, 5.74) is 4.06. The van der Waals surface area contributed by atoms with Crippen molar-refractivity contribution in [3.8, 4) is 5.75 Å². The number of carboxylic acid groups (broad SMARTS) is 1. The van der Waals surface area contributed by atoms with Gasteiger partial charge in [-0.05, 0) is 55.5 Å². The van der Waals surface area contributed by atoms with Crippen LogP contribution < -0.4 is 0 Å². The van der Waals surface area contributed by atoms with Crippen LogP contribution in [-0.4, -0.2) is 44.1 Å². The maximum atomic E-state index is 11.4. The summed E-state index contributed by atoms with van der Waals surface area (Å²) >= 11 is 0. The number of aryl methyl sites for hydroxylation is 1. The van der Waals surface area contributed by atoms with Crippen molar-refractivity contribution in [2.45, 2.75) is 32.7 Å². The molecule has 3 aromatic rings. The molecule has 2 atom stereocenters. The fourth-order valence-electron chi connectivity index (χ4n) is 4.43. The molecule has 1 fully saturated rings. The summed E-state index contributed by atoms with van der Waals surface area (Å²) in [6.07, 6.45) is 1.75. The molecule has 0 aliphatic carbocycles. The standard InChI is InChI=1S/C23H27N3O3/c1-15-6-7-19-20(10-15)25-22(24-19)11-18-14-26(9-8-16(18)12-23(28)29)13-17-4-2-3-5-21(17)27/h2-7,10,16,18,27H,8-9,11-14H2,1H3,(H,24,25)(H,28,29)/t16-,18-/m0/s1. The number of aromatic hydroxyl groups is 1. The Labute approximate surface area is 170 Å². The van der Waals surface area contributed by atoms with Gasteiger partial charge in [-0.2, -0.15) is 0 Å². The van der Waals surface area contributed by atoms with Gasteiger partial charge in [-0.15, -0.1) is 0 Å². The Morgan fingerprint density at radius 1 is 1.24 bits per heavy atom. The van der Waals surface area contributed by atoms with E-state index in [9.17, 15) is 15.0 Å². The average molecular weight is 393 g/mol. The number of phenols is 1. The minimum absolute atomic E-state index is 0.128. The molecule has 0 bridgehead atoms. The van der Waals surface area contributed by atoms with Gasteiger partial charge in [-0.3, -0.25) is 9.69 Å². The number of likely N-dealkylation sites (tertiary alicyclic amines) is 1. The lowest BCUT2D eigenvalue weighted by atomic mass is 9.81. The minimum atomic E-state index is -0.741. The first-order valence-corrected chi connectivity index (χ1v) is 10.1. The normalized spacial score (nSPS) is 20.2. The number of rotatable bonds is 6. The molecule has 4 rings (SSSR count). The summed E-state index contributed by atoms with van der Waals surface area (Å²) in [5, 5.41) is 19.5. The number of aromatic amines is 1. The Bertz CT molecular complexity index is 1010. The van der Waals surface area contributed by atoms with Crippen LogP contribution in [0, 0.1) is 18.8 Å².